The Morgan fingerprint density at radius 2 is 1.67 bits per heavy atom. The van der Waals surface area contributed by atoms with Gasteiger partial charge in [-0.2, -0.15) is 21.6 Å². The Morgan fingerprint density at radius 1 is 1.07 bits per heavy atom. The highest BCUT2D eigenvalue weighted by molar-refractivity contribution is 7.88. The SMILES string of the molecule is CC(C)(C)C(=O)Nc1c(-c2ccccc2)ccnc1OS(=O)(=O)C(F)(F)F. The van der Waals surface area contributed by atoms with Gasteiger partial charge in [0.15, 0.2) is 0 Å². The summed E-state index contributed by atoms with van der Waals surface area (Å²) in [4.78, 5) is 15.9. The number of amides is 1. The summed E-state index contributed by atoms with van der Waals surface area (Å²) < 4.78 is 65.1. The van der Waals surface area contributed by atoms with E-state index in [2.05, 4.69) is 14.5 Å². The van der Waals surface area contributed by atoms with Crippen LogP contribution in [0.15, 0.2) is 42.6 Å². The number of anilines is 1. The molecule has 1 heterocycles. The number of hydrogen-bond donors (Lipinski definition) is 1. The second-order valence-electron chi connectivity index (χ2n) is 6.59. The molecule has 2 rings (SSSR count). The summed E-state index contributed by atoms with van der Waals surface area (Å²) in [6.07, 6.45) is 1.09. The van der Waals surface area contributed by atoms with E-state index in [1.165, 1.54) is 6.07 Å². The van der Waals surface area contributed by atoms with E-state index in [1.807, 2.05) is 0 Å². The molecule has 0 aliphatic rings. The Morgan fingerprint density at radius 3 is 2.19 bits per heavy atom. The molecule has 146 valence electrons. The molecular formula is C17H17F3N2O4S. The fourth-order valence-corrected chi connectivity index (χ4v) is 2.37. The number of carbonyl (C=O) groups excluding carboxylic acids is 1. The number of aromatic nitrogens is 1. The number of pyridine rings is 1. The van der Waals surface area contributed by atoms with Crippen molar-refractivity contribution < 1.29 is 30.6 Å². The summed E-state index contributed by atoms with van der Waals surface area (Å²) in [6, 6.07) is 9.80. The van der Waals surface area contributed by atoms with Gasteiger partial charge in [0.05, 0.1) is 0 Å². The van der Waals surface area contributed by atoms with E-state index in [-0.39, 0.29) is 11.3 Å². The number of benzene rings is 1. The van der Waals surface area contributed by atoms with Crippen LogP contribution in [-0.4, -0.2) is 24.8 Å². The highest BCUT2D eigenvalue weighted by atomic mass is 32.2. The maximum Gasteiger partial charge on any atom is 0.534 e. The first-order valence-electron chi connectivity index (χ1n) is 7.69. The van der Waals surface area contributed by atoms with Gasteiger partial charge in [-0.25, -0.2) is 4.98 Å². The lowest BCUT2D eigenvalue weighted by Gasteiger charge is -2.21. The Hall–Kier alpha value is -2.62. The molecule has 1 amide bonds. The highest BCUT2D eigenvalue weighted by Gasteiger charge is 2.49. The third-order valence-electron chi connectivity index (χ3n) is 3.39. The number of nitrogens with zero attached hydrogens (tertiary/aromatic N) is 1. The molecule has 0 bridgehead atoms. The zero-order valence-corrected chi connectivity index (χ0v) is 15.5. The Kier molecular flexibility index (Phi) is 5.50. The number of hydrogen-bond acceptors (Lipinski definition) is 5. The third-order valence-corrected chi connectivity index (χ3v) is 4.34. The zero-order valence-electron chi connectivity index (χ0n) is 14.7. The van der Waals surface area contributed by atoms with Gasteiger partial charge in [0.2, 0.25) is 5.91 Å². The van der Waals surface area contributed by atoms with Crippen LogP contribution in [0.4, 0.5) is 18.9 Å². The van der Waals surface area contributed by atoms with Crippen LogP contribution >= 0.6 is 0 Å². The Labute approximate surface area is 154 Å². The topological polar surface area (TPSA) is 85.4 Å². The lowest BCUT2D eigenvalue weighted by molar-refractivity contribution is -0.123. The van der Waals surface area contributed by atoms with Crippen LogP contribution in [0.1, 0.15) is 20.8 Å². The van der Waals surface area contributed by atoms with Crippen molar-refractivity contribution in [2.75, 3.05) is 5.32 Å². The molecule has 0 aliphatic carbocycles. The van der Waals surface area contributed by atoms with E-state index in [9.17, 15) is 26.4 Å². The molecular weight excluding hydrogens is 385 g/mol. The predicted octanol–water partition coefficient (Wildman–Crippen LogP) is 3.96. The van der Waals surface area contributed by atoms with Crippen molar-refractivity contribution in [2.24, 2.45) is 5.41 Å². The second-order valence-corrected chi connectivity index (χ2v) is 8.13. The molecule has 0 saturated heterocycles. The van der Waals surface area contributed by atoms with E-state index >= 15 is 0 Å². The second kappa shape index (κ2) is 7.18. The molecule has 2 aromatic rings. The van der Waals surface area contributed by atoms with Gasteiger partial charge in [-0.05, 0) is 11.6 Å². The molecule has 10 heteroatoms. The molecule has 27 heavy (non-hydrogen) atoms. The normalized spacial score (nSPS) is 12.5. The molecule has 0 radical (unpaired) electrons. The quantitative estimate of drug-likeness (QED) is 0.618. The van der Waals surface area contributed by atoms with Crippen LogP contribution < -0.4 is 9.50 Å². The van der Waals surface area contributed by atoms with E-state index < -0.39 is 32.8 Å². The van der Waals surface area contributed by atoms with Crippen LogP contribution in [0, 0.1) is 5.41 Å². The van der Waals surface area contributed by atoms with Gasteiger partial charge in [-0.15, -0.1) is 0 Å². The summed E-state index contributed by atoms with van der Waals surface area (Å²) in [6.45, 7) is 4.77. The zero-order chi connectivity index (χ0) is 20.5. The number of carbonyl (C=O) groups is 1. The summed E-state index contributed by atoms with van der Waals surface area (Å²) in [5, 5.41) is 2.43. The Bertz CT molecular complexity index is 937. The standard InChI is InChI=1S/C17H17F3N2O4S/c1-16(2,3)15(23)22-13-12(11-7-5-4-6-8-11)9-10-21-14(13)26-27(24,25)17(18,19)20/h4-10H,1-3H3,(H,22,23). The lowest BCUT2D eigenvalue weighted by atomic mass is 9.95. The fourth-order valence-electron chi connectivity index (χ4n) is 1.94. The molecule has 0 aliphatic heterocycles. The van der Waals surface area contributed by atoms with E-state index in [1.54, 1.807) is 51.1 Å². The van der Waals surface area contributed by atoms with Crippen LogP contribution in [0.25, 0.3) is 11.1 Å². The monoisotopic (exact) mass is 402 g/mol. The van der Waals surface area contributed by atoms with Gasteiger partial charge in [0.25, 0.3) is 5.88 Å². The highest BCUT2D eigenvalue weighted by Crippen LogP contribution is 2.37. The minimum Gasteiger partial charge on any atom is -0.353 e. The van der Waals surface area contributed by atoms with Gasteiger partial charge in [-0.3, -0.25) is 4.79 Å². The fraction of sp³-hybridized carbons (Fsp3) is 0.294. The maximum absolute atomic E-state index is 12.7. The van der Waals surface area contributed by atoms with Crippen molar-refractivity contribution in [1.82, 2.24) is 4.98 Å². The Balaban J connectivity index is 2.62. The number of rotatable bonds is 4. The van der Waals surface area contributed by atoms with Crippen molar-refractivity contribution in [2.45, 2.75) is 26.3 Å². The molecule has 0 saturated carbocycles. The van der Waals surface area contributed by atoms with Crippen molar-refractivity contribution in [1.29, 1.82) is 0 Å². The largest absolute Gasteiger partial charge is 0.534 e. The van der Waals surface area contributed by atoms with Crippen LogP contribution in [-0.2, 0) is 14.9 Å². The average Bonchev–Trinajstić information content (AvgIpc) is 2.55. The van der Waals surface area contributed by atoms with Crippen molar-refractivity contribution >= 4 is 21.7 Å². The molecule has 1 aromatic heterocycles. The lowest BCUT2D eigenvalue weighted by Crippen LogP contribution is -2.30. The van der Waals surface area contributed by atoms with E-state index in [0.717, 1.165) is 6.20 Å². The number of nitrogens with one attached hydrogen (secondary N) is 1. The van der Waals surface area contributed by atoms with E-state index in [4.69, 9.17) is 0 Å². The first kappa shape index (κ1) is 20.7. The van der Waals surface area contributed by atoms with Gasteiger partial charge >= 0.3 is 15.6 Å². The first-order valence-corrected chi connectivity index (χ1v) is 9.10. The van der Waals surface area contributed by atoms with Crippen molar-refractivity contribution in [3.05, 3.63) is 42.6 Å². The summed E-state index contributed by atoms with van der Waals surface area (Å²) in [5.74, 6) is -1.42. The minimum atomic E-state index is -5.96. The van der Waals surface area contributed by atoms with Crippen LogP contribution in [0.2, 0.25) is 0 Å². The van der Waals surface area contributed by atoms with Crippen LogP contribution in [0.5, 0.6) is 5.88 Å². The van der Waals surface area contributed by atoms with Crippen LogP contribution in [0.3, 0.4) is 0 Å². The summed E-state index contributed by atoms with van der Waals surface area (Å²) in [7, 11) is -5.96. The number of halogens is 3. The third kappa shape index (κ3) is 4.76. The molecule has 6 nitrogen and oxygen atoms in total. The number of alkyl halides is 3. The maximum atomic E-state index is 12.7. The van der Waals surface area contributed by atoms with Gasteiger partial charge in [-0.1, -0.05) is 51.1 Å². The van der Waals surface area contributed by atoms with Gasteiger partial charge in [0, 0.05) is 17.2 Å². The molecule has 0 atom stereocenters. The van der Waals surface area contributed by atoms with Gasteiger partial charge < -0.3 is 9.50 Å². The summed E-state index contributed by atoms with van der Waals surface area (Å²) >= 11 is 0. The molecule has 0 fully saturated rings. The first-order chi connectivity index (χ1) is 12.3. The van der Waals surface area contributed by atoms with E-state index in [0.29, 0.717) is 5.56 Å². The predicted molar refractivity (Wildman–Crippen MR) is 93.4 cm³/mol. The molecule has 0 spiro atoms. The molecule has 0 unspecified atom stereocenters. The average molecular weight is 402 g/mol. The smallest absolute Gasteiger partial charge is 0.353 e. The van der Waals surface area contributed by atoms with Gasteiger partial charge in [0.1, 0.15) is 5.69 Å². The van der Waals surface area contributed by atoms with Crippen molar-refractivity contribution in [3.8, 4) is 17.0 Å². The minimum absolute atomic E-state index is 0.260. The molecule has 1 aromatic carbocycles. The summed E-state index contributed by atoms with van der Waals surface area (Å²) in [5.41, 5.74) is -6.02. The molecule has 1 N–H and O–H groups in total. The van der Waals surface area contributed by atoms with Crippen molar-refractivity contribution in [3.63, 3.8) is 0 Å².